The second-order valence-corrected chi connectivity index (χ2v) is 5.59. The summed E-state index contributed by atoms with van der Waals surface area (Å²) < 4.78 is 20.0. The lowest BCUT2D eigenvalue weighted by molar-refractivity contribution is 0.0949. The first-order valence-corrected chi connectivity index (χ1v) is 8.01. The van der Waals surface area contributed by atoms with E-state index in [1.165, 1.54) is 18.2 Å². The van der Waals surface area contributed by atoms with E-state index >= 15 is 0 Å². The molecule has 0 aliphatic carbocycles. The highest BCUT2D eigenvalue weighted by Gasteiger charge is 2.14. The number of hydrogen-bond acceptors (Lipinski definition) is 4. The monoisotopic (exact) mass is 348 g/mol. The number of nitrogens with one attached hydrogen (secondary N) is 1. The van der Waals surface area contributed by atoms with Gasteiger partial charge in [-0.1, -0.05) is 19.1 Å². The molecule has 0 bridgehead atoms. The predicted octanol–water partition coefficient (Wildman–Crippen LogP) is 2.88. The molecular weight excluding hydrogens is 327 g/mol. The first kappa shape index (κ1) is 18.5. The molecule has 1 heterocycles. The highest BCUT2D eigenvalue weighted by Crippen LogP contribution is 2.21. The third-order valence-corrected chi connectivity index (χ3v) is 3.90. The first-order chi connectivity index (χ1) is 11.9. The summed E-state index contributed by atoms with van der Waals surface area (Å²) in [7, 11) is 0. The van der Waals surface area contributed by atoms with Crippen molar-refractivity contribution in [2.24, 2.45) is 0 Å². The number of hydrogen-bond donors (Lipinski definition) is 2. The Morgan fingerprint density at radius 2 is 2.00 bits per heavy atom. The number of carbonyl (C=O) groups excluding carboxylic acids is 1. The molecule has 0 saturated heterocycles. The van der Waals surface area contributed by atoms with Crippen molar-refractivity contribution in [3.8, 4) is 5.75 Å². The summed E-state index contributed by atoms with van der Waals surface area (Å²) in [5.74, 6) is -0.643. The molecule has 25 heavy (non-hydrogen) atoms. The predicted molar refractivity (Wildman–Crippen MR) is 91.0 cm³/mol. The lowest BCUT2D eigenvalue weighted by Gasteiger charge is -2.17. The summed E-state index contributed by atoms with van der Waals surface area (Å²) >= 11 is 0. The van der Waals surface area contributed by atoms with Crippen LogP contribution in [0.15, 0.2) is 41.3 Å². The molecule has 0 unspecified atom stereocenters. The minimum Gasteiger partial charge on any atom is -0.503 e. The summed E-state index contributed by atoms with van der Waals surface area (Å²) in [6, 6.07) is 7.09. The molecule has 1 aromatic carbocycles. The van der Waals surface area contributed by atoms with Gasteiger partial charge in [0.1, 0.15) is 11.9 Å². The number of carbonyl (C=O) groups is 1. The molecule has 2 rings (SSSR count). The van der Waals surface area contributed by atoms with Crippen LogP contribution in [0.3, 0.4) is 0 Å². The minimum atomic E-state index is -0.584. The highest BCUT2D eigenvalue weighted by molar-refractivity contribution is 5.67. The largest absolute Gasteiger partial charge is 0.503 e. The Labute approximate surface area is 144 Å². The van der Waals surface area contributed by atoms with Gasteiger partial charge in [-0.25, -0.2) is 9.18 Å². The zero-order chi connectivity index (χ0) is 18.4. The summed E-state index contributed by atoms with van der Waals surface area (Å²) in [6.45, 7) is 4.13. The molecule has 0 fully saturated rings. The molecular formula is C18H21FN2O4. The van der Waals surface area contributed by atoms with E-state index in [1.807, 2.05) is 6.92 Å². The average Bonchev–Trinajstić information content (AvgIpc) is 2.60. The van der Waals surface area contributed by atoms with Gasteiger partial charge in [0.25, 0.3) is 0 Å². The molecule has 6 nitrogen and oxygen atoms in total. The number of ether oxygens (including phenoxy) is 1. The van der Waals surface area contributed by atoms with E-state index in [0.29, 0.717) is 18.7 Å². The van der Waals surface area contributed by atoms with Gasteiger partial charge >= 0.3 is 6.09 Å². The van der Waals surface area contributed by atoms with Crippen LogP contribution in [0, 0.1) is 12.7 Å². The fraction of sp³-hybridized carbons (Fsp3) is 0.333. The van der Waals surface area contributed by atoms with Crippen LogP contribution in [0.5, 0.6) is 5.75 Å². The zero-order valence-electron chi connectivity index (χ0n) is 14.2. The Morgan fingerprint density at radius 3 is 2.64 bits per heavy atom. The Morgan fingerprint density at radius 1 is 1.32 bits per heavy atom. The van der Waals surface area contributed by atoms with Crippen LogP contribution in [0.2, 0.25) is 0 Å². The lowest BCUT2D eigenvalue weighted by Crippen LogP contribution is -2.29. The van der Waals surface area contributed by atoms with Gasteiger partial charge in [0.05, 0.1) is 5.69 Å². The molecule has 1 amide bonds. The van der Waals surface area contributed by atoms with Gasteiger partial charge in [0, 0.05) is 25.4 Å². The third kappa shape index (κ3) is 4.82. The van der Waals surface area contributed by atoms with Gasteiger partial charge in [-0.3, -0.25) is 4.79 Å². The number of rotatable bonds is 6. The number of aromatic hydroxyl groups is 1. The Hall–Kier alpha value is -2.83. The zero-order valence-corrected chi connectivity index (χ0v) is 14.2. The normalized spacial score (nSPS) is 11.8. The van der Waals surface area contributed by atoms with Crippen molar-refractivity contribution in [1.29, 1.82) is 0 Å². The lowest BCUT2D eigenvalue weighted by atomic mass is 10.1. The number of pyridine rings is 1. The van der Waals surface area contributed by atoms with Crippen LogP contribution < -0.4 is 10.7 Å². The molecule has 0 spiro atoms. The van der Waals surface area contributed by atoms with Gasteiger partial charge in [0.15, 0.2) is 5.75 Å². The van der Waals surface area contributed by atoms with Crippen LogP contribution in [0.1, 0.15) is 30.7 Å². The second kappa shape index (κ2) is 8.32. The Kier molecular flexibility index (Phi) is 6.16. The topological polar surface area (TPSA) is 80.6 Å². The van der Waals surface area contributed by atoms with E-state index in [-0.39, 0.29) is 18.1 Å². The van der Waals surface area contributed by atoms with Crippen LogP contribution in [-0.4, -0.2) is 22.3 Å². The summed E-state index contributed by atoms with van der Waals surface area (Å²) in [5, 5.41) is 12.2. The van der Waals surface area contributed by atoms with E-state index in [1.54, 1.807) is 29.8 Å². The van der Waals surface area contributed by atoms with E-state index in [4.69, 9.17) is 4.74 Å². The van der Waals surface area contributed by atoms with Crippen molar-refractivity contribution in [3.63, 3.8) is 0 Å². The van der Waals surface area contributed by atoms with Crippen molar-refractivity contribution in [2.75, 3.05) is 6.54 Å². The number of benzene rings is 1. The molecule has 0 radical (unpaired) electrons. The maximum Gasteiger partial charge on any atom is 0.407 e. The first-order valence-electron chi connectivity index (χ1n) is 8.01. The van der Waals surface area contributed by atoms with Gasteiger partial charge < -0.3 is 19.7 Å². The number of aromatic nitrogens is 1. The van der Waals surface area contributed by atoms with Gasteiger partial charge in [-0.05, 0) is 31.0 Å². The SMILES string of the molecule is CC[C@H](OC(=O)NCCn1ccc(=O)c(O)c1C)c1ccc(F)cc1. The number of amides is 1. The fourth-order valence-electron chi connectivity index (χ4n) is 2.42. The fourth-order valence-corrected chi connectivity index (χ4v) is 2.42. The standard InChI is InChI=1S/C18H21FN2O4/c1-3-16(13-4-6-14(19)7-5-13)25-18(24)20-9-11-21-10-8-15(22)17(23)12(21)2/h4-8,10,16,23H,3,9,11H2,1-2H3,(H,20,24)/t16-/m0/s1. The van der Waals surface area contributed by atoms with Crippen molar-refractivity contribution in [1.82, 2.24) is 9.88 Å². The molecule has 2 aromatic rings. The molecule has 0 aliphatic heterocycles. The third-order valence-electron chi connectivity index (χ3n) is 3.90. The van der Waals surface area contributed by atoms with Crippen molar-refractivity contribution >= 4 is 6.09 Å². The maximum atomic E-state index is 13.0. The van der Waals surface area contributed by atoms with E-state index < -0.39 is 17.6 Å². The number of halogens is 1. The van der Waals surface area contributed by atoms with Crippen molar-refractivity contribution in [3.05, 3.63) is 63.8 Å². The Balaban J connectivity index is 1.88. The highest BCUT2D eigenvalue weighted by atomic mass is 19.1. The molecule has 2 N–H and O–H groups in total. The molecule has 0 saturated carbocycles. The quantitative estimate of drug-likeness (QED) is 0.841. The van der Waals surface area contributed by atoms with Crippen LogP contribution in [-0.2, 0) is 11.3 Å². The van der Waals surface area contributed by atoms with Gasteiger partial charge in [-0.2, -0.15) is 0 Å². The number of nitrogens with zero attached hydrogens (tertiary/aromatic N) is 1. The summed E-state index contributed by atoms with van der Waals surface area (Å²) in [4.78, 5) is 23.2. The summed E-state index contributed by atoms with van der Waals surface area (Å²) in [5.41, 5.74) is 0.715. The molecule has 134 valence electrons. The minimum absolute atomic E-state index is 0.266. The van der Waals surface area contributed by atoms with Crippen molar-refractivity contribution < 1.29 is 19.0 Å². The molecule has 7 heteroatoms. The summed E-state index contributed by atoms with van der Waals surface area (Å²) in [6.07, 6.45) is 1.07. The van der Waals surface area contributed by atoms with Crippen molar-refractivity contribution in [2.45, 2.75) is 32.9 Å². The smallest absolute Gasteiger partial charge is 0.407 e. The molecule has 0 aliphatic rings. The Bertz CT molecular complexity index is 787. The van der Waals surface area contributed by atoms with Crippen LogP contribution >= 0.6 is 0 Å². The molecule has 1 aromatic heterocycles. The second-order valence-electron chi connectivity index (χ2n) is 5.59. The number of alkyl carbamates (subject to hydrolysis) is 1. The van der Waals surface area contributed by atoms with Gasteiger partial charge in [0.2, 0.25) is 5.43 Å². The molecule has 1 atom stereocenters. The maximum absolute atomic E-state index is 13.0. The van der Waals surface area contributed by atoms with E-state index in [2.05, 4.69) is 5.32 Å². The average molecular weight is 348 g/mol. The van der Waals surface area contributed by atoms with E-state index in [0.717, 1.165) is 5.56 Å². The van der Waals surface area contributed by atoms with E-state index in [9.17, 15) is 19.1 Å². The van der Waals surface area contributed by atoms with Gasteiger partial charge in [-0.15, -0.1) is 0 Å². The van der Waals surface area contributed by atoms with Crippen LogP contribution in [0.4, 0.5) is 9.18 Å². The van der Waals surface area contributed by atoms with Crippen LogP contribution in [0.25, 0.3) is 0 Å².